The standard InChI is InChI=1S/C14H28NO8P/c1-8-20-24(18,21-9-2)22-10-14(6,11(16)19-7)15-12(17)23-13(3,4)5/h8-10H2,1-7H3,(H,15,17)/t14-/m0/s1. The van der Waals surface area contributed by atoms with E-state index in [0.29, 0.717) is 0 Å². The normalized spacial score (nSPS) is 14.6. The Bertz CT molecular complexity index is 466. The van der Waals surface area contributed by atoms with Crippen molar-refractivity contribution < 1.29 is 37.2 Å². The van der Waals surface area contributed by atoms with Crippen molar-refractivity contribution in [3.63, 3.8) is 0 Å². The quantitative estimate of drug-likeness (QED) is 0.488. The molecule has 1 amide bonds. The van der Waals surface area contributed by atoms with Gasteiger partial charge in [-0.1, -0.05) is 0 Å². The molecule has 0 aromatic rings. The van der Waals surface area contributed by atoms with Gasteiger partial charge in [-0.2, -0.15) is 0 Å². The summed E-state index contributed by atoms with van der Waals surface area (Å²) >= 11 is 0. The molecule has 24 heavy (non-hydrogen) atoms. The Kier molecular flexibility index (Phi) is 8.91. The summed E-state index contributed by atoms with van der Waals surface area (Å²) in [4.78, 5) is 24.0. The lowest BCUT2D eigenvalue weighted by Gasteiger charge is -2.30. The third kappa shape index (κ3) is 8.10. The van der Waals surface area contributed by atoms with E-state index < -0.39 is 37.6 Å². The Hall–Kier alpha value is -1.15. The van der Waals surface area contributed by atoms with E-state index in [2.05, 4.69) is 10.1 Å². The van der Waals surface area contributed by atoms with Crippen LogP contribution in [0.25, 0.3) is 0 Å². The van der Waals surface area contributed by atoms with Gasteiger partial charge in [-0.3, -0.25) is 13.6 Å². The number of ether oxygens (including phenoxy) is 2. The summed E-state index contributed by atoms with van der Waals surface area (Å²) in [7, 11) is -2.70. The molecule has 0 unspecified atom stereocenters. The first-order valence-electron chi connectivity index (χ1n) is 7.54. The van der Waals surface area contributed by atoms with Crippen LogP contribution in [0.15, 0.2) is 0 Å². The first-order chi connectivity index (χ1) is 10.9. The van der Waals surface area contributed by atoms with Gasteiger partial charge in [0.15, 0.2) is 5.54 Å². The van der Waals surface area contributed by atoms with Crippen molar-refractivity contribution in [2.45, 2.75) is 52.7 Å². The molecule has 10 heteroatoms. The van der Waals surface area contributed by atoms with E-state index in [1.807, 2.05) is 0 Å². The zero-order valence-corrected chi connectivity index (χ0v) is 16.2. The Balaban J connectivity index is 5.14. The lowest BCUT2D eigenvalue weighted by molar-refractivity contribution is -0.149. The molecule has 1 atom stereocenters. The molecule has 0 bridgehead atoms. The summed E-state index contributed by atoms with van der Waals surface area (Å²) in [6, 6.07) is 0. The SMILES string of the molecule is CCOP(=O)(OCC)OC[C@](C)(NC(=O)OC(C)(C)C)C(=O)OC. The van der Waals surface area contributed by atoms with Gasteiger partial charge in [0.25, 0.3) is 0 Å². The molecule has 0 aliphatic heterocycles. The maximum atomic E-state index is 12.3. The van der Waals surface area contributed by atoms with Crippen molar-refractivity contribution in [1.29, 1.82) is 0 Å². The fourth-order valence-electron chi connectivity index (χ4n) is 1.54. The van der Waals surface area contributed by atoms with Crippen molar-refractivity contribution in [1.82, 2.24) is 5.32 Å². The molecular weight excluding hydrogens is 341 g/mol. The highest BCUT2D eigenvalue weighted by atomic mass is 31.2. The largest absolute Gasteiger partial charge is 0.474 e. The topological polar surface area (TPSA) is 109 Å². The van der Waals surface area contributed by atoms with Gasteiger partial charge >= 0.3 is 19.9 Å². The molecule has 0 aromatic carbocycles. The molecule has 0 spiro atoms. The van der Waals surface area contributed by atoms with Gasteiger partial charge in [0.05, 0.1) is 26.9 Å². The molecule has 0 aromatic heterocycles. The number of methoxy groups -OCH3 is 1. The third-order valence-corrected chi connectivity index (χ3v) is 4.09. The zero-order valence-electron chi connectivity index (χ0n) is 15.3. The van der Waals surface area contributed by atoms with Gasteiger partial charge < -0.3 is 14.8 Å². The maximum absolute atomic E-state index is 12.3. The fraction of sp³-hybridized carbons (Fsp3) is 0.857. The molecule has 9 nitrogen and oxygen atoms in total. The molecule has 0 saturated heterocycles. The van der Waals surface area contributed by atoms with Gasteiger partial charge in [0, 0.05) is 0 Å². The predicted molar refractivity (Wildman–Crippen MR) is 86.6 cm³/mol. The first kappa shape index (κ1) is 22.9. The lowest BCUT2D eigenvalue weighted by atomic mass is 10.1. The van der Waals surface area contributed by atoms with E-state index in [9.17, 15) is 14.2 Å². The molecule has 0 saturated carbocycles. The fourth-order valence-corrected chi connectivity index (χ4v) is 2.81. The number of carbonyl (C=O) groups excluding carboxylic acids is 2. The van der Waals surface area contributed by atoms with Crippen molar-refractivity contribution in [2.75, 3.05) is 26.9 Å². The molecule has 0 aliphatic rings. The van der Waals surface area contributed by atoms with Crippen LogP contribution in [0.4, 0.5) is 4.79 Å². The molecule has 0 rings (SSSR count). The van der Waals surface area contributed by atoms with E-state index in [-0.39, 0.29) is 13.2 Å². The number of rotatable bonds is 9. The van der Waals surface area contributed by atoms with Crippen molar-refractivity contribution in [3.05, 3.63) is 0 Å². The smallest absolute Gasteiger partial charge is 0.467 e. The van der Waals surface area contributed by atoms with Crippen LogP contribution in [0.3, 0.4) is 0 Å². The molecule has 1 N–H and O–H groups in total. The van der Waals surface area contributed by atoms with Gasteiger partial charge in [0.1, 0.15) is 5.60 Å². The number of nitrogens with one attached hydrogen (secondary N) is 1. The van der Waals surface area contributed by atoms with E-state index in [0.717, 1.165) is 7.11 Å². The average Bonchev–Trinajstić information content (AvgIpc) is 2.43. The Morgan fingerprint density at radius 1 is 1.00 bits per heavy atom. The van der Waals surface area contributed by atoms with Crippen LogP contribution in [-0.4, -0.2) is 50.1 Å². The van der Waals surface area contributed by atoms with Crippen LogP contribution in [0.5, 0.6) is 0 Å². The molecular formula is C14H28NO8P. The molecule has 0 heterocycles. The average molecular weight is 369 g/mol. The minimum atomic E-state index is -3.85. The minimum absolute atomic E-state index is 0.0890. The summed E-state index contributed by atoms with van der Waals surface area (Å²) in [5.41, 5.74) is -2.39. The monoisotopic (exact) mass is 369 g/mol. The number of esters is 1. The number of phosphoric ester groups is 1. The number of amides is 1. The van der Waals surface area contributed by atoms with Crippen LogP contribution in [0.1, 0.15) is 41.5 Å². The predicted octanol–water partition coefficient (Wildman–Crippen LogP) is 2.64. The Labute approximate surface area is 142 Å². The number of phosphoric acid groups is 1. The minimum Gasteiger partial charge on any atom is -0.467 e. The van der Waals surface area contributed by atoms with Crippen LogP contribution < -0.4 is 5.32 Å². The van der Waals surface area contributed by atoms with Crippen molar-refractivity contribution in [2.24, 2.45) is 0 Å². The molecule has 0 fully saturated rings. The van der Waals surface area contributed by atoms with Gasteiger partial charge in [0.2, 0.25) is 0 Å². The molecule has 0 aliphatic carbocycles. The van der Waals surface area contributed by atoms with Gasteiger partial charge in [-0.05, 0) is 41.5 Å². The van der Waals surface area contributed by atoms with Crippen LogP contribution in [-0.2, 0) is 32.4 Å². The summed E-state index contributed by atoms with van der Waals surface area (Å²) in [6.45, 7) is 9.31. The second kappa shape index (κ2) is 9.36. The second-order valence-electron chi connectivity index (χ2n) is 6.01. The van der Waals surface area contributed by atoms with E-state index >= 15 is 0 Å². The highest BCUT2D eigenvalue weighted by Gasteiger charge is 2.41. The Morgan fingerprint density at radius 2 is 1.50 bits per heavy atom. The number of alkyl carbamates (subject to hydrolysis) is 1. The van der Waals surface area contributed by atoms with Crippen LogP contribution >= 0.6 is 7.82 Å². The van der Waals surface area contributed by atoms with Crippen molar-refractivity contribution >= 4 is 19.9 Å². The first-order valence-corrected chi connectivity index (χ1v) is 9.00. The summed E-state index contributed by atoms with van der Waals surface area (Å²) in [5.74, 6) is -0.798. The Morgan fingerprint density at radius 3 is 1.88 bits per heavy atom. The van der Waals surface area contributed by atoms with Crippen molar-refractivity contribution in [3.8, 4) is 0 Å². The van der Waals surface area contributed by atoms with Gasteiger partial charge in [-0.15, -0.1) is 0 Å². The third-order valence-electron chi connectivity index (χ3n) is 2.50. The zero-order chi connectivity index (χ0) is 19.0. The number of hydrogen-bond donors (Lipinski definition) is 1. The lowest BCUT2D eigenvalue weighted by Crippen LogP contribution is -2.56. The second-order valence-corrected chi connectivity index (χ2v) is 7.68. The number of hydrogen-bond acceptors (Lipinski definition) is 8. The molecule has 0 radical (unpaired) electrons. The summed E-state index contributed by atoms with van der Waals surface area (Å²) in [5, 5.41) is 2.36. The molecule has 142 valence electrons. The van der Waals surface area contributed by atoms with Crippen LogP contribution in [0, 0.1) is 0 Å². The summed E-state index contributed by atoms with van der Waals surface area (Å²) < 4.78 is 37.2. The summed E-state index contributed by atoms with van der Waals surface area (Å²) in [6.07, 6.45) is -0.846. The number of carbonyl (C=O) groups is 2. The van der Waals surface area contributed by atoms with E-state index in [1.54, 1.807) is 34.6 Å². The highest BCUT2D eigenvalue weighted by molar-refractivity contribution is 7.48. The maximum Gasteiger partial charge on any atom is 0.474 e. The highest BCUT2D eigenvalue weighted by Crippen LogP contribution is 2.49. The van der Waals surface area contributed by atoms with E-state index in [1.165, 1.54) is 6.92 Å². The van der Waals surface area contributed by atoms with Crippen LogP contribution in [0.2, 0.25) is 0 Å². The van der Waals surface area contributed by atoms with E-state index in [4.69, 9.17) is 18.3 Å². The van der Waals surface area contributed by atoms with Gasteiger partial charge in [-0.25, -0.2) is 14.2 Å².